The smallest absolute Gasteiger partial charge is 0.338 e. The van der Waals surface area contributed by atoms with Gasteiger partial charge in [-0.05, 0) is 48.4 Å². The van der Waals surface area contributed by atoms with Gasteiger partial charge in [0, 0.05) is 6.54 Å². The molecule has 0 spiro atoms. The van der Waals surface area contributed by atoms with E-state index in [2.05, 4.69) is 0 Å². The number of sulfonamides is 1. The molecule has 126 valence electrons. The summed E-state index contributed by atoms with van der Waals surface area (Å²) in [5.41, 5.74) is 1.56. The van der Waals surface area contributed by atoms with Gasteiger partial charge in [-0.25, -0.2) is 17.6 Å². The lowest BCUT2D eigenvalue weighted by molar-refractivity contribution is 0.0472. The van der Waals surface area contributed by atoms with Crippen molar-refractivity contribution in [1.82, 2.24) is 0 Å². The average Bonchev–Trinajstić information content (AvgIpc) is 2.93. The Kier molecular flexibility index (Phi) is 4.53. The van der Waals surface area contributed by atoms with Gasteiger partial charge in [0.2, 0.25) is 10.0 Å². The fraction of sp³-hybridized carbons (Fsp3) is 0.235. The van der Waals surface area contributed by atoms with Crippen molar-refractivity contribution in [2.75, 3.05) is 16.6 Å². The maximum absolute atomic E-state index is 12.8. The first-order chi connectivity index (χ1) is 11.5. The Bertz CT molecular complexity index is 832. The van der Waals surface area contributed by atoms with Crippen LogP contribution in [0.15, 0.2) is 48.5 Å². The van der Waals surface area contributed by atoms with Crippen LogP contribution in [0, 0.1) is 5.82 Å². The summed E-state index contributed by atoms with van der Waals surface area (Å²) in [6.07, 6.45) is 0.601. The van der Waals surface area contributed by atoms with Crippen molar-refractivity contribution in [3.63, 3.8) is 0 Å². The SMILES string of the molecule is O=C(OCc1ccc(F)cc1)c1ccc(N2CCCS2(=O)=O)cc1. The lowest BCUT2D eigenvalue weighted by atomic mass is 10.2. The molecule has 5 nitrogen and oxygen atoms in total. The molecular formula is C17H16FNO4S. The predicted molar refractivity (Wildman–Crippen MR) is 87.7 cm³/mol. The van der Waals surface area contributed by atoms with Crippen molar-refractivity contribution in [2.45, 2.75) is 13.0 Å². The third kappa shape index (κ3) is 3.56. The number of anilines is 1. The topological polar surface area (TPSA) is 63.7 Å². The summed E-state index contributed by atoms with van der Waals surface area (Å²) in [6, 6.07) is 12.0. The summed E-state index contributed by atoms with van der Waals surface area (Å²) < 4.78 is 43.1. The number of ether oxygens (including phenoxy) is 1. The second kappa shape index (κ2) is 6.60. The fourth-order valence-electron chi connectivity index (χ4n) is 2.51. The van der Waals surface area contributed by atoms with Crippen molar-refractivity contribution in [3.05, 3.63) is 65.5 Å². The molecule has 0 aromatic heterocycles. The van der Waals surface area contributed by atoms with Gasteiger partial charge in [-0.15, -0.1) is 0 Å². The Labute approximate surface area is 139 Å². The highest BCUT2D eigenvalue weighted by Gasteiger charge is 2.28. The van der Waals surface area contributed by atoms with Crippen LogP contribution in [0.2, 0.25) is 0 Å². The van der Waals surface area contributed by atoms with Gasteiger partial charge >= 0.3 is 5.97 Å². The molecule has 1 saturated heterocycles. The number of esters is 1. The van der Waals surface area contributed by atoms with Gasteiger partial charge in [0.1, 0.15) is 12.4 Å². The minimum Gasteiger partial charge on any atom is -0.457 e. The maximum atomic E-state index is 12.8. The molecule has 1 fully saturated rings. The fourth-order valence-corrected chi connectivity index (χ4v) is 4.07. The Morgan fingerprint density at radius 2 is 1.75 bits per heavy atom. The number of carbonyl (C=O) groups excluding carboxylic acids is 1. The summed E-state index contributed by atoms with van der Waals surface area (Å²) >= 11 is 0. The molecule has 7 heteroatoms. The molecule has 0 N–H and O–H groups in total. The zero-order chi connectivity index (χ0) is 17.2. The molecular weight excluding hydrogens is 333 g/mol. The average molecular weight is 349 g/mol. The van der Waals surface area contributed by atoms with Gasteiger partial charge in [-0.2, -0.15) is 0 Å². The summed E-state index contributed by atoms with van der Waals surface area (Å²) in [7, 11) is -3.24. The molecule has 1 heterocycles. The van der Waals surface area contributed by atoms with Crippen LogP contribution in [0.4, 0.5) is 10.1 Å². The van der Waals surface area contributed by atoms with Crippen LogP contribution in [-0.2, 0) is 21.4 Å². The van der Waals surface area contributed by atoms with Crippen LogP contribution in [0.3, 0.4) is 0 Å². The number of hydrogen-bond donors (Lipinski definition) is 0. The second-order valence-electron chi connectivity index (χ2n) is 5.49. The molecule has 0 saturated carbocycles. The first-order valence-electron chi connectivity index (χ1n) is 7.48. The van der Waals surface area contributed by atoms with Crippen molar-refractivity contribution < 1.29 is 22.3 Å². The first-order valence-corrected chi connectivity index (χ1v) is 9.09. The molecule has 1 aliphatic heterocycles. The first kappa shape index (κ1) is 16.4. The van der Waals surface area contributed by atoms with Crippen molar-refractivity contribution in [3.8, 4) is 0 Å². The largest absolute Gasteiger partial charge is 0.457 e. The molecule has 0 aliphatic carbocycles. The molecule has 0 unspecified atom stereocenters. The summed E-state index contributed by atoms with van der Waals surface area (Å²) in [4.78, 5) is 12.0. The lowest BCUT2D eigenvalue weighted by Gasteiger charge is -2.16. The maximum Gasteiger partial charge on any atom is 0.338 e. The minimum absolute atomic E-state index is 0.0430. The van der Waals surface area contributed by atoms with E-state index in [0.717, 1.165) is 0 Å². The van der Waals surface area contributed by atoms with Crippen LogP contribution in [0.25, 0.3) is 0 Å². The zero-order valence-corrected chi connectivity index (χ0v) is 13.6. The van der Waals surface area contributed by atoms with Gasteiger partial charge in [0.25, 0.3) is 0 Å². The van der Waals surface area contributed by atoms with E-state index in [0.29, 0.717) is 29.8 Å². The number of halogens is 1. The van der Waals surface area contributed by atoms with Gasteiger partial charge in [0.15, 0.2) is 0 Å². The third-order valence-corrected chi connectivity index (χ3v) is 5.64. The normalized spacial score (nSPS) is 16.1. The molecule has 2 aromatic carbocycles. The van der Waals surface area contributed by atoms with E-state index in [1.165, 1.54) is 28.6 Å². The molecule has 1 aliphatic rings. The van der Waals surface area contributed by atoms with E-state index >= 15 is 0 Å². The summed E-state index contributed by atoms with van der Waals surface area (Å²) in [5, 5.41) is 0. The van der Waals surface area contributed by atoms with Crippen LogP contribution in [0.5, 0.6) is 0 Å². The number of benzene rings is 2. The molecule has 3 rings (SSSR count). The Morgan fingerprint density at radius 3 is 2.33 bits per heavy atom. The van der Waals surface area contributed by atoms with Crippen molar-refractivity contribution >= 4 is 21.7 Å². The third-order valence-electron chi connectivity index (χ3n) is 3.77. The van der Waals surface area contributed by atoms with Gasteiger partial charge in [-0.3, -0.25) is 4.31 Å². The molecule has 0 atom stereocenters. The molecule has 2 aromatic rings. The van der Waals surface area contributed by atoms with E-state index in [1.807, 2.05) is 0 Å². The quantitative estimate of drug-likeness (QED) is 0.796. The van der Waals surface area contributed by atoms with E-state index in [9.17, 15) is 17.6 Å². The van der Waals surface area contributed by atoms with Crippen LogP contribution < -0.4 is 4.31 Å². The standard InChI is InChI=1S/C17H16FNO4S/c18-15-6-2-13(3-7-15)12-23-17(20)14-4-8-16(9-5-14)19-10-1-11-24(19,21)22/h2-9H,1,10-12H2. The molecule has 24 heavy (non-hydrogen) atoms. The number of hydrogen-bond acceptors (Lipinski definition) is 4. The summed E-state index contributed by atoms with van der Waals surface area (Å²) in [6.45, 7) is 0.498. The highest BCUT2D eigenvalue weighted by molar-refractivity contribution is 7.93. The monoisotopic (exact) mass is 349 g/mol. The van der Waals surface area contributed by atoms with Gasteiger partial charge < -0.3 is 4.74 Å². The van der Waals surface area contributed by atoms with E-state index < -0.39 is 16.0 Å². The zero-order valence-electron chi connectivity index (χ0n) is 12.8. The minimum atomic E-state index is -3.24. The number of nitrogens with zero attached hydrogens (tertiary/aromatic N) is 1. The van der Waals surface area contributed by atoms with Crippen LogP contribution >= 0.6 is 0 Å². The Hall–Kier alpha value is -2.41. The molecule has 0 radical (unpaired) electrons. The van der Waals surface area contributed by atoms with Crippen LogP contribution in [0.1, 0.15) is 22.3 Å². The lowest BCUT2D eigenvalue weighted by Crippen LogP contribution is -2.25. The second-order valence-corrected chi connectivity index (χ2v) is 7.50. The van der Waals surface area contributed by atoms with Crippen molar-refractivity contribution in [2.24, 2.45) is 0 Å². The van der Waals surface area contributed by atoms with Gasteiger partial charge in [0.05, 0.1) is 17.0 Å². The van der Waals surface area contributed by atoms with E-state index in [4.69, 9.17) is 4.74 Å². The molecule has 0 amide bonds. The van der Waals surface area contributed by atoms with E-state index in [-0.39, 0.29) is 18.2 Å². The Balaban J connectivity index is 1.64. The number of rotatable bonds is 4. The highest BCUT2D eigenvalue weighted by atomic mass is 32.2. The Morgan fingerprint density at radius 1 is 1.08 bits per heavy atom. The predicted octanol–water partition coefficient (Wildman–Crippen LogP) is 2.72. The highest BCUT2D eigenvalue weighted by Crippen LogP contribution is 2.24. The van der Waals surface area contributed by atoms with Crippen LogP contribution in [-0.4, -0.2) is 26.7 Å². The van der Waals surface area contributed by atoms with E-state index in [1.54, 1.807) is 24.3 Å². The van der Waals surface area contributed by atoms with Gasteiger partial charge in [-0.1, -0.05) is 12.1 Å². The van der Waals surface area contributed by atoms with Crippen molar-refractivity contribution in [1.29, 1.82) is 0 Å². The summed E-state index contributed by atoms with van der Waals surface area (Å²) in [5.74, 6) is -0.721. The number of carbonyl (C=O) groups is 1. The molecule has 0 bridgehead atoms.